The first kappa shape index (κ1) is 15.1. The van der Waals surface area contributed by atoms with Crippen LogP contribution in [0.3, 0.4) is 0 Å². The van der Waals surface area contributed by atoms with Gasteiger partial charge in [0.2, 0.25) is 0 Å². The van der Waals surface area contributed by atoms with Gasteiger partial charge in [0.25, 0.3) is 0 Å². The van der Waals surface area contributed by atoms with E-state index in [1.54, 1.807) is 24.3 Å². The van der Waals surface area contributed by atoms with Crippen molar-refractivity contribution in [2.45, 2.75) is 12.8 Å². The Balaban J connectivity index is 2.64. The van der Waals surface area contributed by atoms with Crippen LogP contribution in [0.25, 0.3) is 11.1 Å². The summed E-state index contributed by atoms with van der Waals surface area (Å²) >= 11 is 0. The van der Waals surface area contributed by atoms with Crippen LogP contribution in [0.2, 0.25) is 0 Å². The Kier molecular flexibility index (Phi) is 3.99. The number of halogens is 3. The number of nitrogens with two attached hydrogens (primary N) is 1. The van der Waals surface area contributed by atoms with Crippen LogP contribution in [0.1, 0.15) is 16.7 Å². The van der Waals surface area contributed by atoms with Gasteiger partial charge in [-0.1, -0.05) is 24.3 Å². The Morgan fingerprint density at radius 2 is 1.76 bits per heavy atom. The third-order valence-corrected chi connectivity index (χ3v) is 3.13. The zero-order valence-electron chi connectivity index (χ0n) is 10.9. The number of hydrogen-bond acceptors (Lipinski definition) is 3. The molecular formula is C15H13F3N2O. The van der Waals surface area contributed by atoms with Crippen molar-refractivity contribution in [3.05, 3.63) is 53.1 Å². The minimum Gasteiger partial charge on any atom is -0.398 e. The molecule has 0 atom stereocenters. The number of anilines is 1. The van der Waals surface area contributed by atoms with Gasteiger partial charge in [0.15, 0.2) is 0 Å². The molecule has 0 aliphatic heterocycles. The highest BCUT2D eigenvalue weighted by atomic mass is 19.4. The van der Waals surface area contributed by atoms with Crippen LogP contribution < -0.4 is 5.73 Å². The van der Waals surface area contributed by atoms with E-state index in [-0.39, 0.29) is 23.4 Å². The summed E-state index contributed by atoms with van der Waals surface area (Å²) in [4.78, 5) is 0. The molecule has 21 heavy (non-hydrogen) atoms. The topological polar surface area (TPSA) is 70.1 Å². The molecule has 2 rings (SSSR count). The van der Waals surface area contributed by atoms with E-state index >= 15 is 0 Å². The Morgan fingerprint density at radius 1 is 1.14 bits per heavy atom. The fourth-order valence-electron chi connectivity index (χ4n) is 2.03. The summed E-state index contributed by atoms with van der Waals surface area (Å²) in [7, 11) is 0. The monoisotopic (exact) mass is 294 g/mol. The molecule has 0 aromatic heterocycles. The number of alkyl halides is 3. The van der Waals surface area contributed by atoms with Gasteiger partial charge in [-0.15, -0.1) is 0 Å². The maximum atomic E-state index is 12.9. The number of aliphatic hydroxyl groups is 1. The van der Waals surface area contributed by atoms with Crippen LogP contribution in [0.5, 0.6) is 0 Å². The van der Waals surface area contributed by atoms with Crippen LogP contribution in [0.15, 0.2) is 36.4 Å². The summed E-state index contributed by atoms with van der Waals surface area (Å²) < 4.78 is 38.6. The van der Waals surface area contributed by atoms with Crippen molar-refractivity contribution < 1.29 is 18.3 Å². The second-order valence-corrected chi connectivity index (χ2v) is 4.52. The van der Waals surface area contributed by atoms with Crippen molar-refractivity contribution in [3.8, 4) is 11.1 Å². The lowest BCUT2D eigenvalue weighted by molar-refractivity contribution is -0.137. The van der Waals surface area contributed by atoms with Gasteiger partial charge in [0, 0.05) is 17.5 Å². The van der Waals surface area contributed by atoms with Crippen LogP contribution in [0, 0.1) is 5.41 Å². The van der Waals surface area contributed by atoms with Crippen molar-refractivity contribution in [3.63, 3.8) is 0 Å². The van der Waals surface area contributed by atoms with Gasteiger partial charge in [-0.3, -0.25) is 0 Å². The molecule has 0 saturated heterocycles. The number of nitrogens with one attached hydrogen (secondary N) is 1. The maximum Gasteiger partial charge on any atom is 0.416 e. The Hall–Kier alpha value is -2.34. The SMILES string of the molecule is N=Cc1c(N)cc(C(F)(F)F)cc1-c1ccc(CO)cc1. The van der Waals surface area contributed by atoms with Crippen molar-refractivity contribution in [2.24, 2.45) is 0 Å². The van der Waals surface area contributed by atoms with Crippen molar-refractivity contribution in [1.29, 1.82) is 5.41 Å². The number of hydrogen-bond donors (Lipinski definition) is 3. The summed E-state index contributed by atoms with van der Waals surface area (Å²) in [6.07, 6.45) is -3.57. The molecule has 6 heteroatoms. The smallest absolute Gasteiger partial charge is 0.398 e. The Bertz CT molecular complexity index is 664. The Morgan fingerprint density at radius 3 is 2.24 bits per heavy atom. The van der Waals surface area contributed by atoms with Crippen molar-refractivity contribution in [2.75, 3.05) is 5.73 Å². The third-order valence-electron chi connectivity index (χ3n) is 3.13. The summed E-state index contributed by atoms with van der Waals surface area (Å²) in [6, 6.07) is 8.20. The maximum absolute atomic E-state index is 12.9. The first-order valence-electron chi connectivity index (χ1n) is 6.08. The molecule has 0 saturated carbocycles. The molecular weight excluding hydrogens is 281 g/mol. The van der Waals surface area contributed by atoms with Gasteiger partial charge in [-0.05, 0) is 28.8 Å². The molecule has 110 valence electrons. The molecule has 0 amide bonds. The second-order valence-electron chi connectivity index (χ2n) is 4.52. The van der Waals surface area contributed by atoms with E-state index < -0.39 is 11.7 Å². The Labute approximate surface area is 119 Å². The minimum atomic E-state index is -4.51. The minimum absolute atomic E-state index is 0.0962. The van der Waals surface area contributed by atoms with Crippen LogP contribution in [-0.4, -0.2) is 11.3 Å². The van der Waals surface area contributed by atoms with E-state index in [1.807, 2.05) is 0 Å². The van der Waals surface area contributed by atoms with Crippen molar-refractivity contribution in [1.82, 2.24) is 0 Å². The molecule has 0 aliphatic rings. The second kappa shape index (κ2) is 5.57. The van der Waals surface area contributed by atoms with Gasteiger partial charge in [-0.2, -0.15) is 13.2 Å². The van der Waals surface area contributed by atoms with Gasteiger partial charge < -0.3 is 16.2 Å². The predicted molar refractivity (Wildman–Crippen MR) is 75.1 cm³/mol. The van der Waals surface area contributed by atoms with E-state index in [4.69, 9.17) is 16.2 Å². The molecule has 0 fully saturated rings. The van der Waals surface area contributed by atoms with E-state index in [0.717, 1.165) is 18.3 Å². The molecule has 0 spiro atoms. The zero-order valence-corrected chi connectivity index (χ0v) is 10.9. The fraction of sp³-hybridized carbons (Fsp3) is 0.133. The van der Waals surface area contributed by atoms with E-state index in [1.165, 1.54) is 0 Å². The average molecular weight is 294 g/mol. The highest BCUT2D eigenvalue weighted by molar-refractivity contribution is 5.95. The summed E-state index contributed by atoms with van der Waals surface area (Å²) in [5.74, 6) is 0. The highest BCUT2D eigenvalue weighted by Gasteiger charge is 2.32. The summed E-state index contributed by atoms with van der Waals surface area (Å²) in [5.41, 5.74) is 6.31. The zero-order chi connectivity index (χ0) is 15.6. The molecule has 2 aromatic carbocycles. The highest BCUT2D eigenvalue weighted by Crippen LogP contribution is 2.36. The van der Waals surface area contributed by atoms with Gasteiger partial charge in [-0.25, -0.2) is 0 Å². The summed E-state index contributed by atoms with van der Waals surface area (Å²) in [6.45, 7) is -0.150. The van der Waals surface area contributed by atoms with Crippen molar-refractivity contribution >= 4 is 11.9 Å². The normalized spacial score (nSPS) is 11.4. The number of nitrogen functional groups attached to an aromatic ring is 1. The molecule has 2 aromatic rings. The molecule has 0 unspecified atom stereocenters. The van der Waals surface area contributed by atoms with E-state index in [2.05, 4.69) is 0 Å². The molecule has 0 radical (unpaired) electrons. The fourth-order valence-corrected chi connectivity index (χ4v) is 2.03. The lowest BCUT2D eigenvalue weighted by atomic mass is 9.95. The van der Waals surface area contributed by atoms with E-state index in [9.17, 15) is 13.2 Å². The molecule has 4 N–H and O–H groups in total. The first-order valence-corrected chi connectivity index (χ1v) is 6.08. The average Bonchev–Trinajstić information content (AvgIpc) is 2.45. The van der Waals surface area contributed by atoms with Gasteiger partial charge in [0.1, 0.15) is 0 Å². The van der Waals surface area contributed by atoms with Crippen LogP contribution in [0.4, 0.5) is 18.9 Å². The van der Waals surface area contributed by atoms with Crippen LogP contribution in [-0.2, 0) is 12.8 Å². The van der Waals surface area contributed by atoms with Crippen LogP contribution >= 0.6 is 0 Å². The number of aliphatic hydroxyl groups excluding tert-OH is 1. The predicted octanol–water partition coefficient (Wildman–Crippen LogP) is 3.44. The number of benzene rings is 2. The summed E-state index contributed by atoms with van der Waals surface area (Å²) in [5, 5.41) is 16.3. The molecule has 0 bridgehead atoms. The first-order chi connectivity index (χ1) is 9.86. The standard InChI is InChI=1S/C15H13F3N2O/c16-15(17,18)11-5-12(13(7-19)14(20)6-11)10-3-1-9(8-21)2-4-10/h1-7,19,21H,8,20H2. The lowest BCUT2D eigenvalue weighted by Gasteiger charge is -2.14. The largest absolute Gasteiger partial charge is 0.416 e. The van der Waals surface area contributed by atoms with E-state index in [0.29, 0.717) is 11.1 Å². The van der Waals surface area contributed by atoms with Gasteiger partial charge >= 0.3 is 6.18 Å². The van der Waals surface area contributed by atoms with Gasteiger partial charge in [0.05, 0.1) is 12.2 Å². The number of rotatable bonds is 3. The quantitative estimate of drug-likeness (QED) is 0.599. The molecule has 0 aliphatic carbocycles. The third kappa shape index (κ3) is 3.05. The molecule has 0 heterocycles. The lowest BCUT2D eigenvalue weighted by Crippen LogP contribution is -2.08. The molecule has 3 nitrogen and oxygen atoms in total.